The molecule has 2 heterocycles. The predicted octanol–water partition coefficient (Wildman–Crippen LogP) is 1.39. The fraction of sp³-hybridized carbons (Fsp3) is 0.462. The second kappa shape index (κ2) is 5.27. The molecule has 0 atom stereocenters. The molecule has 0 saturated heterocycles. The highest BCUT2D eigenvalue weighted by Gasteiger charge is 2.11. The maximum atomic E-state index is 5.55. The number of aryl methyl sites for hydroxylation is 3. The molecule has 96 valence electrons. The highest BCUT2D eigenvalue weighted by Crippen LogP contribution is 2.18. The normalized spacial score (nSPS) is 10.9. The van der Waals surface area contributed by atoms with Gasteiger partial charge in [-0.15, -0.1) is 0 Å². The molecular formula is C13H19N5. The molecule has 0 aliphatic heterocycles. The number of nitrogens with two attached hydrogens (primary N) is 1. The van der Waals surface area contributed by atoms with Crippen LogP contribution in [0.15, 0.2) is 12.5 Å². The average molecular weight is 245 g/mol. The third kappa shape index (κ3) is 2.41. The second-order valence-corrected chi connectivity index (χ2v) is 4.48. The summed E-state index contributed by atoms with van der Waals surface area (Å²) >= 11 is 0. The van der Waals surface area contributed by atoms with Crippen molar-refractivity contribution in [2.75, 3.05) is 6.54 Å². The van der Waals surface area contributed by atoms with Gasteiger partial charge in [0, 0.05) is 18.4 Å². The summed E-state index contributed by atoms with van der Waals surface area (Å²) in [4.78, 5) is 13.3. The summed E-state index contributed by atoms with van der Waals surface area (Å²) in [5.74, 6) is 0.737. The largest absolute Gasteiger partial charge is 0.331 e. The summed E-state index contributed by atoms with van der Waals surface area (Å²) in [6.45, 7) is 4.75. The Labute approximate surface area is 107 Å². The number of imidazole rings is 1. The molecule has 0 aliphatic rings. The molecular weight excluding hydrogens is 226 g/mol. The molecule has 0 bridgehead atoms. The minimum atomic E-state index is 0.697. The molecule has 2 N–H and O–H groups in total. The van der Waals surface area contributed by atoms with Crippen molar-refractivity contribution in [3.63, 3.8) is 0 Å². The Hall–Kier alpha value is -1.75. The van der Waals surface area contributed by atoms with E-state index in [1.165, 1.54) is 5.56 Å². The second-order valence-electron chi connectivity index (χ2n) is 4.48. The van der Waals surface area contributed by atoms with E-state index in [0.717, 1.165) is 35.7 Å². The lowest BCUT2D eigenvalue weighted by molar-refractivity contribution is 0.803. The van der Waals surface area contributed by atoms with Crippen molar-refractivity contribution in [1.82, 2.24) is 19.5 Å². The minimum absolute atomic E-state index is 0.697. The van der Waals surface area contributed by atoms with Crippen LogP contribution in [0.5, 0.6) is 0 Å². The van der Waals surface area contributed by atoms with Gasteiger partial charge in [-0.25, -0.2) is 15.0 Å². The van der Waals surface area contributed by atoms with Crippen LogP contribution in [0.4, 0.5) is 0 Å². The highest BCUT2D eigenvalue weighted by molar-refractivity contribution is 5.49. The van der Waals surface area contributed by atoms with E-state index in [2.05, 4.69) is 15.0 Å². The van der Waals surface area contributed by atoms with Crippen molar-refractivity contribution < 1.29 is 0 Å². The molecule has 0 amide bonds. The van der Waals surface area contributed by atoms with Gasteiger partial charge >= 0.3 is 0 Å². The van der Waals surface area contributed by atoms with Crippen LogP contribution in [0.1, 0.15) is 23.4 Å². The van der Waals surface area contributed by atoms with Crippen LogP contribution in [0.3, 0.4) is 0 Å². The fourth-order valence-corrected chi connectivity index (χ4v) is 2.07. The summed E-state index contributed by atoms with van der Waals surface area (Å²) in [5.41, 5.74) is 9.77. The van der Waals surface area contributed by atoms with Gasteiger partial charge in [0.05, 0.1) is 12.5 Å². The summed E-state index contributed by atoms with van der Waals surface area (Å²) in [6, 6.07) is 0. The van der Waals surface area contributed by atoms with Gasteiger partial charge < -0.3 is 10.3 Å². The number of hydrogen-bond acceptors (Lipinski definition) is 4. The maximum absolute atomic E-state index is 5.55. The van der Waals surface area contributed by atoms with E-state index >= 15 is 0 Å². The van der Waals surface area contributed by atoms with Crippen LogP contribution in [-0.2, 0) is 13.5 Å². The van der Waals surface area contributed by atoms with E-state index in [0.29, 0.717) is 6.54 Å². The molecule has 0 radical (unpaired) electrons. The molecule has 0 spiro atoms. The van der Waals surface area contributed by atoms with Gasteiger partial charge in [-0.3, -0.25) is 0 Å². The van der Waals surface area contributed by atoms with E-state index in [1.54, 1.807) is 12.5 Å². The van der Waals surface area contributed by atoms with Gasteiger partial charge in [0.15, 0.2) is 5.82 Å². The first-order valence-electron chi connectivity index (χ1n) is 6.14. The Kier molecular flexibility index (Phi) is 3.72. The quantitative estimate of drug-likeness (QED) is 0.883. The zero-order chi connectivity index (χ0) is 13.1. The third-order valence-electron chi connectivity index (χ3n) is 3.10. The summed E-state index contributed by atoms with van der Waals surface area (Å²) in [7, 11) is 1.94. The molecule has 0 saturated carbocycles. The first-order valence-corrected chi connectivity index (χ1v) is 6.14. The first-order chi connectivity index (χ1) is 8.63. The smallest absolute Gasteiger partial charge is 0.178 e. The zero-order valence-electron chi connectivity index (χ0n) is 11.1. The Balaban J connectivity index is 2.39. The summed E-state index contributed by atoms with van der Waals surface area (Å²) in [5, 5.41) is 0. The minimum Gasteiger partial charge on any atom is -0.331 e. The molecule has 0 fully saturated rings. The standard InChI is InChI=1S/C13H19N5/c1-9-11(5-4-6-14)10(2)17-13(16-9)12-7-15-8-18(12)3/h7-8H,4-6,14H2,1-3H3. The van der Waals surface area contributed by atoms with Crippen molar-refractivity contribution in [1.29, 1.82) is 0 Å². The topological polar surface area (TPSA) is 69.6 Å². The van der Waals surface area contributed by atoms with Crippen molar-refractivity contribution in [2.24, 2.45) is 12.8 Å². The number of aromatic nitrogens is 4. The average Bonchev–Trinajstić information content (AvgIpc) is 2.74. The molecule has 2 rings (SSSR count). The molecule has 0 unspecified atom stereocenters. The zero-order valence-corrected chi connectivity index (χ0v) is 11.1. The van der Waals surface area contributed by atoms with E-state index < -0.39 is 0 Å². The van der Waals surface area contributed by atoms with Crippen molar-refractivity contribution in [3.05, 3.63) is 29.5 Å². The van der Waals surface area contributed by atoms with Crippen LogP contribution < -0.4 is 5.73 Å². The van der Waals surface area contributed by atoms with Crippen LogP contribution in [0.2, 0.25) is 0 Å². The fourth-order valence-electron chi connectivity index (χ4n) is 2.07. The van der Waals surface area contributed by atoms with Crippen molar-refractivity contribution in [3.8, 4) is 11.5 Å². The SMILES string of the molecule is Cc1nc(-c2cncn2C)nc(C)c1CCCN. The Bertz CT molecular complexity index is 521. The predicted molar refractivity (Wildman–Crippen MR) is 71.1 cm³/mol. The van der Waals surface area contributed by atoms with Gasteiger partial charge in [-0.1, -0.05) is 0 Å². The van der Waals surface area contributed by atoms with Gasteiger partial charge in [0.1, 0.15) is 5.69 Å². The molecule has 0 aliphatic carbocycles. The van der Waals surface area contributed by atoms with Gasteiger partial charge in [0.25, 0.3) is 0 Å². The van der Waals surface area contributed by atoms with Crippen LogP contribution in [-0.4, -0.2) is 26.1 Å². The molecule has 5 nitrogen and oxygen atoms in total. The highest BCUT2D eigenvalue weighted by atomic mass is 15.1. The molecule has 18 heavy (non-hydrogen) atoms. The molecule has 5 heteroatoms. The number of hydrogen-bond donors (Lipinski definition) is 1. The van der Waals surface area contributed by atoms with Crippen molar-refractivity contribution >= 4 is 0 Å². The van der Waals surface area contributed by atoms with Gasteiger partial charge in [-0.2, -0.15) is 0 Å². The summed E-state index contributed by atoms with van der Waals surface area (Å²) in [6.07, 6.45) is 5.45. The number of nitrogens with zero attached hydrogens (tertiary/aromatic N) is 4. The monoisotopic (exact) mass is 245 g/mol. The lowest BCUT2D eigenvalue weighted by Gasteiger charge is -2.10. The third-order valence-corrected chi connectivity index (χ3v) is 3.10. The van der Waals surface area contributed by atoms with Crippen LogP contribution in [0, 0.1) is 13.8 Å². The molecule has 2 aromatic rings. The maximum Gasteiger partial charge on any atom is 0.178 e. The number of rotatable bonds is 4. The Morgan fingerprint density at radius 1 is 1.22 bits per heavy atom. The van der Waals surface area contributed by atoms with Crippen LogP contribution >= 0.6 is 0 Å². The lowest BCUT2D eigenvalue weighted by Crippen LogP contribution is -2.07. The van der Waals surface area contributed by atoms with Gasteiger partial charge in [-0.05, 0) is 38.8 Å². The van der Waals surface area contributed by atoms with Crippen molar-refractivity contribution in [2.45, 2.75) is 26.7 Å². The van der Waals surface area contributed by atoms with Gasteiger partial charge in [0.2, 0.25) is 0 Å². The molecule has 0 aromatic carbocycles. The lowest BCUT2D eigenvalue weighted by atomic mass is 10.1. The van der Waals surface area contributed by atoms with E-state index in [4.69, 9.17) is 5.73 Å². The van der Waals surface area contributed by atoms with E-state index in [9.17, 15) is 0 Å². The summed E-state index contributed by atoms with van der Waals surface area (Å²) < 4.78 is 1.92. The van der Waals surface area contributed by atoms with E-state index in [-0.39, 0.29) is 0 Å². The van der Waals surface area contributed by atoms with Crippen LogP contribution in [0.25, 0.3) is 11.5 Å². The van der Waals surface area contributed by atoms with E-state index in [1.807, 2.05) is 25.5 Å². The molecule has 2 aromatic heterocycles. The Morgan fingerprint density at radius 2 is 1.89 bits per heavy atom. The first kappa shape index (κ1) is 12.7. The Morgan fingerprint density at radius 3 is 2.39 bits per heavy atom.